The van der Waals surface area contributed by atoms with Crippen molar-refractivity contribution in [1.82, 2.24) is 15.3 Å². The van der Waals surface area contributed by atoms with Crippen LogP contribution >= 0.6 is 0 Å². The summed E-state index contributed by atoms with van der Waals surface area (Å²) >= 11 is 0. The third kappa shape index (κ3) is 2.98. The molecular weight excluding hydrogens is 244 g/mol. The minimum absolute atomic E-state index is 0.144. The lowest BCUT2D eigenvalue weighted by Crippen LogP contribution is -2.23. The van der Waals surface area contributed by atoms with Crippen LogP contribution in [0.4, 0.5) is 5.69 Å². The van der Waals surface area contributed by atoms with Crippen LogP contribution in [0.1, 0.15) is 21.9 Å². The number of nitrogens with zero attached hydrogens (tertiary/aromatic N) is 2. The summed E-state index contributed by atoms with van der Waals surface area (Å²) < 4.78 is 0. The first kappa shape index (κ1) is 12.8. The second-order valence-corrected chi connectivity index (χ2v) is 4.02. The summed E-state index contributed by atoms with van der Waals surface area (Å²) in [5.41, 5.74) is 6.55. The molecule has 0 radical (unpaired) electrons. The number of nitrogens with two attached hydrogens (primary N) is 1. The van der Waals surface area contributed by atoms with Gasteiger partial charge in [0.2, 0.25) is 0 Å². The van der Waals surface area contributed by atoms with Crippen LogP contribution in [0, 0.1) is 6.92 Å². The van der Waals surface area contributed by atoms with Gasteiger partial charge in [-0.2, -0.15) is 0 Å². The minimum atomic E-state index is -0.402. The number of carbonyl (C=O) groups is 1. The zero-order valence-corrected chi connectivity index (χ0v) is 10.4. The predicted octanol–water partition coefficient (Wildman–Crippen LogP) is 1.00. The smallest absolute Gasteiger partial charge is 0.255 e. The molecule has 6 nitrogen and oxygen atoms in total. The number of benzene rings is 1. The highest BCUT2D eigenvalue weighted by Gasteiger charge is 2.12. The second-order valence-electron chi connectivity index (χ2n) is 4.02. The summed E-state index contributed by atoms with van der Waals surface area (Å²) in [6, 6.07) is 6.36. The molecule has 1 amide bonds. The number of nitrogen functional groups attached to an aromatic ring is 1. The summed E-state index contributed by atoms with van der Waals surface area (Å²) in [5, 5.41) is 12.4. The maximum absolute atomic E-state index is 11.9. The van der Waals surface area contributed by atoms with Crippen LogP contribution in [-0.2, 0) is 6.54 Å². The summed E-state index contributed by atoms with van der Waals surface area (Å²) in [6.07, 6.45) is 1.63. The largest absolute Gasteiger partial charge is 0.505 e. The molecule has 98 valence electrons. The molecule has 6 heteroatoms. The van der Waals surface area contributed by atoms with Gasteiger partial charge in [-0.1, -0.05) is 6.07 Å². The molecule has 0 atom stereocenters. The van der Waals surface area contributed by atoms with E-state index in [4.69, 9.17) is 5.73 Å². The normalized spacial score (nSPS) is 10.2. The molecular formula is C13H14N4O2. The van der Waals surface area contributed by atoms with Gasteiger partial charge in [0.25, 0.3) is 5.91 Å². The van der Waals surface area contributed by atoms with Crippen molar-refractivity contribution in [1.29, 1.82) is 0 Å². The first-order valence-electron chi connectivity index (χ1n) is 5.72. The number of rotatable bonds is 3. The molecule has 0 bridgehead atoms. The average Bonchev–Trinajstić information content (AvgIpc) is 2.39. The van der Waals surface area contributed by atoms with Gasteiger partial charge in [-0.15, -0.1) is 0 Å². The van der Waals surface area contributed by atoms with Gasteiger partial charge >= 0.3 is 0 Å². The van der Waals surface area contributed by atoms with E-state index in [0.29, 0.717) is 11.5 Å². The van der Waals surface area contributed by atoms with Gasteiger partial charge in [0, 0.05) is 6.20 Å². The number of nitrogens with one attached hydrogen (secondary N) is 1. The Balaban J connectivity index is 2.08. The average molecular weight is 258 g/mol. The van der Waals surface area contributed by atoms with E-state index in [2.05, 4.69) is 15.3 Å². The van der Waals surface area contributed by atoms with Gasteiger partial charge in [0.05, 0.1) is 23.5 Å². The van der Waals surface area contributed by atoms with Crippen molar-refractivity contribution in [2.24, 2.45) is 0 Å². The molecule has 1 aromatic heterocycles. The Morgan fingerprint density at radius 2 is 2.21 bits per heavy atom. The highest BCUT2D eigenvalue weighted by Crippen LogP contribution is 2.24. The van der Waals surface area contributed by atoms with Gasteiger partial charge < -0.3 is 16.2 Å². The molecule has 0 spiro atoms. The van der Waals surface area contributed by atoms with Crippen molar-refractivity contribution in [3.8, 4) is 5.75 Å². The molecule has 1 heterocycles. The van der Waals surface area contributed by atoms with Crippen LogP contribution in [0.3, 0.4) is 0 Å². The van der Waals surface area contributed by atoms with Gasteiger partial charge in [-0.25, -0.2) is 9.97 Å². The number of aromatic nitrogens is 2. The lowest BCUT2D eigenvalue weighted by atomic mass is 10.1. The third-order valence-electron chi connectivity index (χ3n) is 2.58. The summed E-state index contributed by atoms with van der Waals surface area (Å²) in [6.45, 7) is 2.03. The van der Waals surface area contributed by atoms with Crippen molar-refractivity contribution in [2.75, 3.05) is 5.73 Å². The van der Waals surface area contributed by atoms with Gasteiger partial charge in [0.1, 0.15) is 5.82 Å². The van der Waals surface area contributed by atoms with E-state index in [1.807, 2.05) is 0 Å². The van der Waals surface area contributed by atoms with Crippen molar-refractivity contribution >= 4 is 11.6 Å². The molecule has 0 aliphatic heterocycles. The van der Waals surface area contributed by atoms with E-state index in [9.17, 15) is 9.90 Å². The Bertz CT molecular complexity index is 613. The number of carbonyl (C=O) groups excluding carboxylic acids is 1. The fourth-order valence-electron chi connectivity index (χ4n) is 1.61. The Labute approximate surface area is 110 Å². The quantitative estimate of drug-likeness (QED) is 0.563. The summed E-state index contributed by atoms with van der Waals surface area (Å²) in [4.78, 5) is 20.0. The number of anilines is 1. The minimum Gasteiger partial charge on any atom is -0.505 e. The van der Waals surface area contributed by atoms with Crippen molar-refractivity contribution in [3.05, 3.63) is 47.5 Å². The Kier molecular flexibility index (Phi) is 3.61. The number of phenolic OH excluding ortho intramolecular Hbond substituents is 1. The number of para-hydroxylation sites is 1. The molecule has 0 saturated carbocycles. The molecule has 0 unspecified atom stereocenters. The predicted molar refractivity (Wildman–Crippen MR) is 70.5 cm³/mol. The fraction of sp³-hybridized carbons (Fsp3) is 0.154. The maximum Gasteiger partial charge on any atom is 0.255 e. The number of aromatic hydroxyl groups is 1. The Morgan fingerprint density at radius 1 is 1.42 bits per heavy atom. The third-order valence-corrected chi connectivity index (χ3v) is 2.58. The molecule has 0 fully saturated rings. The highest BCUT2D eigenvalue weighted by molar-refractivity contribution is 5.98. The van der Waals surface area contributed by atoms with Crippen LogP contribution in [0.25, 0.3) is 0 Å². The standard InChI is InChI=1S/C13H14N4O2/c1-8-15-6-5-9(17-8)7-16-13(19)10-3-2-4-11(14)12(10)18/h2-6,18H,7,14H2,1H3,(H,16,19). The molecule has 1 aromatic carbocycles. The van der Waals surface area contributed by atoms with Gasteiger partial charge in [-0.05, 0) is 25.1 Å². The number of hydrogen-bond acceptors (Lipinski definition) is 5. The zero-order valence-electron chi connectivity index (χ0n) is 10.4. The molecule has 0 aliphatic rings. The molecule has 4 N–H and O–H groups in total. The van der Waals surface area contributed by atoms with E-state index in [1.165, 1.54) is 12.1 Å². The SMILES string of the molecule is Cc1nccc(CNC(=O)c2cccc(N)c2O)n1. The number of aryl methyl sites for hydroxylation is 1. The maximum atomic E-state index is 11.9. The summed E-state index contributed by atoms with van der Waals surface area (Å²) in [5.74, 6) is 0.0264. The summed E-state index contributed by atoms with van der Waals surface area (Å²) in [7, 11) is 0. The molecule has 2 rings (SSSR count). The van der Waals surface area contributed by atoms with Gasteiger partial charge in [-0.3, -0.25) is 4.79 Å². The monoisotopic (exact) mass is 258 g/mol. The lowest BCUT2D eigenvalue weighted by molar-refractivity contribution is 0.0948. The molecule has 19 heavy (non-hydrogen) atoms. The fourth-order valence-corrected chi connectivity index (χ4v) is 1.61. The van der Waals surface area contributed by atoms with E-state index in [-0.39, 0.29) is 23.5 Å². The topological polar surface area (TPSA) is 101 Å². The van der Waals surface area contributed by atoms with E-state index >= 15 is 0 Å². The van der Waals surface area contributed by atoms with Crippen LogP contribution in [0.5, 0.6) is 5.75 Å². The Hall–Kier alpha value is -2.63. The Morgan fingerprint density at radius 3 is 2.95 bits per heavy atom. The first-order valence-corrected chi connectivity index (χ1v) is 5.72. The molecule has 0 aliphatic carbocycles. The van der Waals surface area contributed by atoms with Crippen LogP contribution in [0.2, 0.25) is 0 Å². The van der Waals surface area contributed by atoms with E-state index in [1.54, 1.807) is 25.3 Å². The zero-order chi connectivity index (χ0) is 13.8. The number of phenols is 1. The first-order chi connectivity index (χ1) is 9.08. The van der Waals surface area contributed by atoms with Crippen LogP contribution < -0.4 is 11.1 Å². The van der Waals surface area contributed by atoms with Crippen LogP contribution in [0.15, 0.2) is 30.5 Å². The van der Waals surface area contributed by atoms with Crippen molar-refractivity contribution in [3.63, 3.8) is 0 Å². The van der Waals surface area contributed by atoms with E-state index in [0.717, 1.165) is 0 Å². The molecule has 2 aromatic rings. The van der Waals surface area contributed by atoms with Crippen molar-refractivity contribution in [2.45, 2.75) is 13.5 Å². The number of amides is 1. The van der Waals surface area contributed by atoms with Crippen molar-refractivity contribution < 1.29 is 9.90 Å². The molecule has 0 saturated heterocycles. The van der Waals surface area contributed by atoms with Gasteiger partial charge in [0.15, 0.2) is 5.75 Å². The highest BCUT2D eigenvalue weighted by atomic mass is 16.3. The number of hydrogen-bond donors (Lipinski definition) is 3. The second kappa shape index (κ2) is 5.34. The van der Waals surface area contributed by atoms with Crippen LogP contribution in [-0.4, -0.2) is 21.0 Å². The van der Waals surface area contributed by atoms with E-state index < -0.39 is 5.91 Å². The lowest BCUT2D eigenvalue weighted by Gasteiger charge is -2.08.